The Bertz CT molecular complexity index is 504. The molecule has 0 unspecified atom stereocenters. The van der Waals surface area contributed by atoms with Crippen molar-refractivity contribution in [2.45, 2.75) is 31.8 Å². The Kier molecular flexibility index (Phi) is 6.49. The molecule has 130 valence electrons. The number of fused-ring (bicyclic) bond motifs is 5. The molecule has 0 radical (unpaired) electrons. The summed E-state index contributed by atoms with van der Waals surface area (Å²) in [4.78, 5) is 2.71. The molecule has 0 aliphatic carbocycles. The third-order valence-electron chi connectivity index (χ3n) is 5.67. The number of halogens is 3. The maximum absolute atomic E-state index is 6.23. The van der Waals surface area contributed by atoms with Crippen LogP contribution in [0.4, 0.5) is 0 Å². The molecule has 4 atom stereocenters. The number of rotatable bonds is 4. The minimum absolute atomic E-state index is 0. The molecule has 1 aromatic carbocycles. The van der Waals surface area contributed by atoms with E-state index in [0.717, 1.165) is 53.4 Å². The van der Waals surface area contributed by atoms with Gasteiger partial charge in [-0.05, 0) is 56.3 Å². The average molecular weight is 380 g/mol. The van der Waals surface area contributed by atoms with Crippen LogP contribution >= 0.6 is 36.4 Å². The Morgan fingerprint density at radius 3 is 2.43 bits per heavy atom. The number of aryl methyl sites for hydroxylation is 1. The van der Waals surface area contributed by atoms with Crippen LogP contribution in [0.5, 0.6) is 5.75 Å². The normalized spacial score (nSPS) is 31.4. The van der Waals surface area contributed by atoms with Gasteiger partial charge in [-0.15, -0.1) is 24.8 Å². The summed E-state index contributed by atoms with van der Waals surface area (Å²) >= 11 is 6.23. The van der Waals surface area contributed by atoms with Gasteiger partial charge in [0.2, 0.25) is 0 Å². The maximum atomic E-state index is 6.23. The van der Waals surface area contributed by atoms with E-state index < -0.39 is 0 Å². The molecule has 4 rings (SSSR count). The summed E-state index contributed by atoms with van der Waals surface area (Å²) in [6.07, 6.45) is 2.75. The summed E-state index contributed by atoms with van der Waals surface area (Å²) in [7, 11) is 0. The summed E-state index contributed by atoms with van der Waals surface area (Å²) in [5.41, 5.74) is 1.12. The van der Waals surface area contributed by atoms with E-state index in [0.29, 0.717) is 0 Å². The van der Waals surface area contributed by atoms with Crippen LogP contribution in [0.25, 0.3) is 0 Å². The Morgan fingerprint density at radius 2 is 1.83 bits per heavy atom. The van der Waals surface area contributed by atoms with Crippen molar-refractivity contribution in [3.63, 3.8) is 0 Å². The smallest absolute Gasteiger partial charge is 0.140 e. The number of hydrogen-bond acceptors (Lipinski definition) is 3. The Labute approximate surface area is 155 Å². The zero-order valence-corrected chi connectivity index (χ0v) is 15.7. The number of nitrogens with one attached hydrogen (secondary N) is 1. The van der Waals surface area contributed by atoms with Crippen molar-refractivity contribution in [1.29, 1.82) is 0 Å². The van der Waals surface area contributed by atoms with Gasteiger partial charge >= 0.3 is 0 Å². The molecule has 2 bridgehead atoms. The second-order valence-corrected chi connectivity index (χ2v) is 7.08. The standard InChI is InChI=1S/C17H23ClN2O.2ClH/c1-11-3-2-4-14(18)17(11)21-8-7-20-15-5-6-16(20)13-10-19-9-12(13)15;;/h2-4,12-13,15-16,19H,5-10H2,1H3;2*1H/t12-,13+,15-,16+;;. The van der Waals surface area contributed by atoms with Crippen LogP contribution in [-0.2, 0) is 0 Å². The predicted molar refractivity (Wildman–Crippen MR) is 99.5 cm³/mol. The molecule has 0 aromatic heterocycles. The average Bonchev–Trinajstić information content (AvgIpc) is 3.14. The number of hydrogen-bond donors (Lipinski definition) is 1. The highest BCUT2D eigenvalue weighted by Gasteiger charge is 2.54. The van der Waals surface area contributed by atoms with Crippen molar-refractivity contribution in [2.75, 3.05) is 26.2 Å². The first-order valence-corrected chi connectivity index (χ1v) is 8.48. The molecule has 0 spiro atoms. The van der Waals surface area contributed by atoms with E-state index in [4.69, 9.17) is 16.3 Å². The number of para-hydroxylation sites is 1. The van der Waals surface area contributed by atoms with Gasteiger partial charge in [0.1, 0.15) is 12.4 Å². The van der Waals surface area contributed by atoms with Crippen LogP contribution in [0.2, 0.25) is 5.02 Å². The van der Waals surface area contributed by atoms with Gasteiger partial charge in [-0.3, -0.25) is 4.90 Å². The van der Waals surface area contributed by atoms with Gasteiger partial charge in [0.25, 0.3) is 0 Å². The fourth-order valence-corrected chi connectivity index (χ4v) is 5.06. The molecule has 1 N–H and O–H groups in total. The molecule has 3 saturated heterocycles. The molecule has 0 saturated carbocycles. The highest BCUT2D eigenvalue weighted by Crippen LogP contribution is 2.47. The SMILES string of the molecule is Cc1cccc(Cl)c1OCCN1[C@@H]2CC[C@H]1[C@H]1CNC[C@H]12.Cl.Cl. The fourth-order valence-electron chi connectivity index (χ4n) is 4.79. The second kappa shape index (κ2) is 7.79. The minimum Gasteiger partial charge on any atom is -0.490 e. The van der Waals surface area contributed by atoms with Gasteiger partial charge in [-0.1, -0.05) is 23.7 Å². The molecule has 0 amide bonds. The number of ether oxygens (including phenoxy) is 1. The van der Waals surface area contributed by atoms with Crippen molar-refractivity contribution >= 4 is 36.4 Å². The molecule has 1 aromatic rings. The maximum Gasteiger partial charge on any atom is 0.140 e. The van der Waals surface area contributed by atoms with Gasteiger partial charge in [-0.25, -0.2) is 0 Å². The minimum atomic E-state index is 0. The molecular weight excluding hydrogens is 355 g/mol. The molecule has 3 aliphatic heterocycles. The van der Waals surface area contributed by atoms with Gasteiger partial charge in [0, 0.05) is 18.6 Å². The monoisotopic (exact) mass is 378 g/mol. The van der Waals surface area contributed by atoms with Crippen molar-refractivity contribution in [1.82, 2.24) is 10.2 Å². The molecule has 3 fully saturated rings. The Hall–Kier alpha value is -0.190. The lowest BCUT2D eigenvalue weighted by Gasteiger charge is -2.24. The lowest BCUT2D eigenvalue weighted by Crippen LogP contribution is -2.37. The van der Waals surface area contributed by atoms with Gasteiger partial charge in [0.15, 0.2) is 0 Å². The van der Waals surface area contributed by atoms with Crippen LogP contribution in [0, 0.1) is 18.8 Å². The van der Waals surface area contributed by atoms with E-state index in [-0.39, 0.29) is 24.8 Å². The third kappa shape index (κ3) is 3.32. The zero-order valence-electron chi connectivity index (χ0n) is 13.3. The van der Waals surface area contributed by atoms with Crippen LogP contribution in [0.1, 0.15) is 18.4 Å². The Morgan fingerprint density at radius 1 is 1.17 bits per heavy atom. The summed E-state index contributed by atoms with van der Waals surface area (Å²) in [5, 5.41) is 4.29. The first-order chi connectivity index (χ1) is 10.3. The predicted octanol–water partition coefficient (Wildman–Crippen LogP) is 3.55. The fraction of sp³-hybridized carbons (Fsp3) is 0.647. The number of benzene rings is 1. The van der Waals surface area contributed by atoms with Crippen LogP contribution in [0.15, 0.2) is 18.2 Å². The van der Waals surface area contributed by atoms with Crippen LogP contribution in [0.3, 0.4) is 0 Å². The summed E-state index contributed by atoms with van der Waals surface area (Å²) < 4.78 is 5.99. The quantitative estimate of drug-likeness (QED) is 0.866. The van der Waals surface area contributed by atoms with E-state index in [9.17, 15) is 0 Å². The molecule has 23 heavy (non-hydrogen) atoms. The number of nitrogens with zero attached hydrogens (tertiary/aromatic N) is 1. The molecule has 3 nitrogen and oxygen atoms in total. The van der Waals surface area contributed by atoms with E-state index in [2.05, 4.69) is 23.2 Å². The first kappa shape index (κ1) is 19.1. The van der Waals surface area contributed by atoms with Gasteiger partial charge < -0.3 is 10.1 Å². The van der Waals surface area contributed by atoms with Crippen LogP contribution < -0.4 is 10.1 Å². The van der Waals surface area contributed by atoms with E-state index in [1.54, 1.807) is 0 Å². The van der Waals surface area contributed by atoms with Gasteiger partial charge in [0.05, 0.1) is 5.02 Å². The highest BCUT2D eigenvalue weighted by molar-refractivity contribution is 6.32. The molecule has 6 heteroatoms. The topological polar surface area (TPSA) is 24.5 Å². The summed E-state index contributed by atoms with van der Waals surface area (Å²) in [6.45, 7) is 6.26. The van der Waals surface area contributed by atoms with Gasteiger partial charge in [-0.2, -0.15) is 0 Å². The lowest BCUT2D eigenvalue weighted by molar-refractivity contribution is 0.179. The largest absolute Gasteiger partial charge is 0.490 e. The highest BCUT2D eigenvalue weighted by atomic mass is 35.5. The lowest BCUT2D eigenvalue weighted by atomic mass is 9.82. The van der Waals surface area contributed by atoms with Crippen molar-refractivity contribution in [3.05, 3.63) is 28.8 Å². The third-order valence-corrected chi connectivity index (χ3v) is 5.97. The Balaban J connectivity index is 0.000000960. The van der Waals surface area contributed by atoms with Crippen molar-refractivity contribution < 1.29 is 4.74 Å². The first-order valence-electron chi connectivity index (χ1n) is 8.10. The molecule has 3 heterocycles. The van der Waals surface area contributed by atoms with Crippen molar-refractivity contribution in [2.24, 2.45) is 11.8 Å². The molecule has 3 aliphatic rings. The summed E-state index contributed by atoms with van der Waals surface area (Å²) in [5.74, 6) is 2.61. The van der Waals surface area contributed by atoms with E-state index in [1.165, 1.54) is 25.9 Å². The van der Waals surface area contributed by atoms with E-state index >= 15 is 0 Å². The zero-order chi connectivity index (χ0) is 14.4. The van der Waals surface area contributed by atoms with E-state index in [1.807, 2.05) is 12.1 Å². The summed E-state index contributed by atoms with van der Waals surface area (Å²) in [6, 6.07) is 7.49. The van der Waals surface area contributed by atoms with Crippen molar-refractivity contribution in [3.8, 4) is 5.75 Å². The molecular formula is C17H25Cl3N2O. The second-order valence-electron chi connectivity index (χ2n) is 6.67. The van der Waals surface area contributed by atoms with Crippen LogP contribution in [-0.4, -0.2) is 43.2 Å².